The van der Waals surface area contributed by atoms with Crippen LogP contribution in [0.2, 0.25) is 0 Å². The second-order valence-electron chi connectivity index (χ2n) is 5.40. The van der Waals surface area contributed by atoms with Crippen molar-refractivity contribution in [2.24, 2.45) is 0 Å². The maximum Gasteiger partial charge on any atom is 0.439 e. The van der Waals surface area contributed by atoms with Crippen molar-refractivity contribution in [3.8, 4) is 0 Å². The van der Waals surface area contributed by atoms with Crippen LogP contribution in [-0.2, 0) is 4.57 Å². The molecule has 4 atom stereocenters. The number of aromatic nitrogens is 4. The van der Waals surface area contributed by atoms with Crippen LogP contribution in [0.25, 0.3) is 11.2 Å². The number of fused-ring (bicyclic) bond motifs is 1. The molecule has 0 saturated carbocycles. The Morgan fingerprint density at radius 1 is 1.22 bits per heavy atom. The number of hydrogen-bond acceptors (Lipinski definition) is 11. The van der Waals surface area contributed by atoms with Crippen molar-refractivity contribution in [2.75, 3.05) is 12.3 Å². The van der Waals surface area contributed by atoms with E-state index in [0.29, 0.717) is 10.9 Å². The molecule has 0 radical (unpaired) electrons. The molecule has 0 fully saturated rings. The Hall–Kier alpha value is -2.23. The quantitative estimate of drug-likeness (QED) is 0.209. The van der Waals surface area contributed by atoms with E-state index in [-0.39, 0.29) is 4.34 Å². The van der Waals surface area contributed by atoms with Gasteiger partial charge in [-0.25, -0.2) is 14.1 Å². The molecule has 27 heavy (non-hydrogen) atoms. The monoisotopic (exact) mass is 409 g/mol. The van der Waals surface area contributed by atoms with Gasteiger partial charge < -0.3 is 41.1 Å². The number of anilines is 1. The molecular formula is C11H16N5O10P. The normalized spacial score (nSPS) is 16.9. The van der Waals surface area contributed by atoms with Gasteiger partial charge in [0.2, 0.25) is 5.95 Å². The van der Waals surface area contributed by atoms with Gasteiger partial charge in [0, 0.05) is 0 Å². The van der Waals surface area contributed by atoms with E-state index in [0.717, 1.165) is 0 Å². The average molecular weight is 409 g/mol. The van der Waals surface area contributed by atoms with E-state index in [1.54, 1.807) is 0 Å². The van der Waals surface area contributed by atoms with Gasteiger partial charge in [-0.3, -0.25) is 9.59 Å². The van der Waals surface area contributed by atoms with Crippen molar-refractivity contribution in [3.63, 3.8) is 0 Å². The van der Waals surface area contributed by atoms with E-state index < -0.39 is 67.3 Å². The summed E-state index contributed by atoms with van der Waals surface area (Å²) in [6, 6.07) is 0. The van der Waals surface area contributed by atoms with Gasteiger partial charge in [-0.2, -0.15) is 9.32 Å². The largest absolute Gasteiger partial charge is 0.439 e. The molecule has 16 heteroatoms. The second-order valence-corrected chi connectivity index (χ2v) is 6.83. The summed E-state index contributed by atoms with van der Waals surface area (Å²) in [5.74, 6) is -2.30. The average Bonchev–Trinajstić information content (AvgIpc) is 3.01. The molecule has 0 aromatic carbocycles. The minimum Gasteiger partial charge on any atom is -0.394 e. The first-order valence-corrected chi connectivity index (χ1v) is 8.67. The predicted molar refractivity (Wildman–Crippen MR) is 85.4 cm³/mol. The smallest absolute Gasteiger partial charge is 0.394 e. The first-order valence-electron chi connectivity index (χ1n) is 7.11. The zero-order valence-corrected chi connectivity index (χ0v) is 14.2. The Morgan fingerprint density at radius 2 is 1.81 bits per heavy atom. The molecule has 2 aromatic rings. The van der Waals surface area contributed by atoms with E-state index in [1.807, 2.05) is 0 Å². The molecular weight excluding hydrogens is 393 g/mol. The number of hydrogen-bond donors (Lipinski definition) is 8. The fourth-order valence-corrected chi connectivity index (χ4v) is 2.83. The van der Waals surface area contributed by atoms with E-state index in [2.05, 4.69) is 9.97 Å². The zero-order chi connectivity index (χ0) is 20.7. The van der Waals surface area contributed by atoms with Gasteiger partial charge in [0.25, 0.3) is 11.5 Å². The molecule has 0 saturated heterocycles. The van der Waals surface area contributed by atoms with Crippen LogP contribution in [0, 0.1) is 0 Å². The predicted octanol–water partition coefficient (Wildman–Crippen LogP) is -4.81. The summed E-state index contributed by atoms with van der Waals surface area (Å²) in [6.07, 6.45) is -7.84. The highest BCUT2D eigenvalue weighted by Gasteiger charge is 2.36. The molecule has 2 aromatic heterocycles. The van der Waals surface area contributed by atoms with E-state index in [4.69, 9.17) is 20.6 Å². The molecule has 0 aliphatic rings. The van der Waals surface area contributed by atoms with Crippen LogP contribution in [0.1, 0.15) is 4.79 Å². The first-order chi connectivity index (χ1) is 12.4. The SMILES string of the molecule is Nc1nc2c(ncn2C(=O)[C@@H](O)[C@@H](O)[C@H](O)[C@H](O)CO)c(=O)n1P(=O)(O)O. The van der Waals surface area contributed by atoms with Crippen molar-refractivity contribution in [1.29, 1.82) is 0 Å². The number of nitrogens with two attached hydrogens (primary N) is 1. The molecule has 0 aliphatic carbocycles. The lowest BCUT2D eigenvalue weighted by molar-refractivity contribution is -0.107. The van der Waals surface area contributed by atoms with Gasteiger partial charge >= 0.3 is 7.75 Å². The van der Waals surface area contributed by atoms with Crippen LogP contribution in [0.3, 0.4) is 0 Å². The first kappa shape index (κ1) is 21.1. The summed E-state index contributed by atoms with van der Waals surface area (Å²) in [4.78, 5) is 49.7. The minimum absolute atomic E-state index is 0.135. The van der Waals surface area contributed by atoms with Crippen molar-refractivity contribution < 1.29 is 44.7 Å². The molecule has 0 spiro atoms. The van der Waals surface area contributed by atoms with Crippen LogP contribution < -0.4 is 11.3 Å². The number of rotatable bonds is 6. The summed E-state index contributed by atoms with van der Waals surface area (Å²) >= 11 is 0. The minimum atomic E-state index is -5.17. The van der Waals surface area contributed by atoms with Crippen LogP contribution >= 0.6 is 7.75 Å². The highest BCUT2D eigenvalue weighted by atomic mass is 31.2. The van der Waals surface area contributed by atoms with Gasteiger partial charge in [-0.1, -0.05) is 0 Å². The molecule has 0 amide bonds. The van der Waals surface area contributed by atoms with Gasteiger partial charge in [-0.15, -0.1) is 0 Å². The van der Waals surface area contributed by atoms with Crippen LogP contribution in [0.4, 0.5) is 5.95 Å². The molecule has 15 nitrogen and oxygen atoms in total. The van der Waals surface area contributed by atoms with E-state index in [9.17, 15) is 34.6 Å². The lowest BCUT2D eigenvalue weighted by Crippen LogP contribution is -2.49. The Kier molecular flexibility index (Phi) is 5.79. The third-order valence-corrected chi connectivity index (χ3v) is 4.49. The van der Waals surface area contributed by atoms with Gasteiger partial charge in [0.05, 0.1) is 6.61 Å². The highest BCUT2D eigenvalue weighted by molar-refractivity contribution is 7.50. The van der Waals surface area contributed by atoms with Crippen molar-refractivity contribution in [2.45, 2.75) is 24.4 Å². The Labute approximate surface area is 148 Å². The second kappa shape index (κ2) is 7.41. The molecule has 0 bridgehead atoms. The third-order valence-electron chi connectivity index (χ3n) is 3.58. The van der Waals surface area contributed by atoms with Crippen molar-refractivity contribution in [1.82, 2.24) is 18.9 Å². The number of aliphatic hydroxyl groups excluding tert-OH is 5. The fourth-order valence-electron chi connectivity index (χ4n) is 2.18. The number of nitrogens with zero attached hydrogens (tertiary/aromatic N) is 4. The molecule has 0 unspecified atom stereocenters. The summed E-state index contributed by atoms with van der Waals surface area (Å²) in [5.41, 5.74) is 2.74. The Morgan fingerprint density at radius 3 is 2.33 bits per heavy atom. The van der Waals surface area contributed by atoms with Gasteiger partial charge in [0.1, 0.15) is 24.6 Å². The van der Waals surface area contributed by atoms with Crippen LogP contribution in [0.5, 0.6) is 0 Å². The molecule has 2 heterocycles. The number of aliphatic hydroxyl groups is 5. The number of imidazole rings is 1. The van der Waals surface area contributed by atoms with Gasteiger partial charge in [-0.05, 0) is 0 Å². The number of carbonyl (C=O) groups is 1. The fraction of sp³-hybridized carbons (Fsp3) is 0.455. The maximum absolute atomic E-state index is 12.3. The number of carbonyl (C=O) groups excluding carboxylic acids is 1. The van der Waals surface area contributed by atoms with E-state index in [1.165, 1.54) is 0 Å². The van der Waals surface area contributed by atoms with Crippen LogP contribution in [0.15, 0.2) is 11.1 Å². The molecule has 0 aliphatic heterocycles. The Bertz CT molecular complexity index is 966. The highest BCUT2D eigenvalue weighted by Crippen LogP contribution is 2.37. The topological polar surface area (TPSA) is 254 Å². The van der Waals surface area contributed by atoms with Crippen molar-refractivity contribution >= 4 is 30.8 Å². The lowest BCUT2D eigenvalue weighted by atomic mass is 10.0. The number of nitrogen functional groups attached to an aromatic ring is 1. The standard InChI is InChI=1S/C11H16N5O10P/c12-11-14-8-4(9(22)16(11)27(24,25)26)13-2-15(8)10(23)7(21)6(20)5(19)3(18)1-17/h2-3,5-7,17-21H,1H2,(H2,12,14)(H2,24,25,26)/t3-,5-,6+,7+/m1/s1. The summed E-state index contributed by atoms with van der Waals surface area (Å²) in [6.45, 7) is -0.965. The van der Waals surface area contributed by atoms with Gasteiger partial charge in [0.15, 0.2) is 17.3 Å². The van der Waals surface area contributed by atoms with E-state index >= 15 is 0 Å². The maximum atomic E-state index is 12.3. The lowest BCUT2D eigenvalue weighted by Gasteiger charge is -2.24. The zero-order valence-electron chi connectivity index (χ0n) is 13.3. The molecule has 9 N–H and O–H groups in total. The summed E-state index contributed by atoms with van der Waals surface area (Å²) < 4.78 is 11.6. The summed E-state index contributed by atoms with van der Waals surface area (Å²) in [7, 11) is -5.17. The van der Waals surface area contributed by atoms with Crippen molar-refractivity contribution in [3.05, 3.63) is 16.7 Å². The van der Waals surface area contributed by atoms with Crippen LogP contribution in [-0.4, -0.2) is 91.1 Å². The summed E-state index contributed by atoms with van der Waals surface area (Å²) in [5, 5.41) is 47.2. The Balaban J connectivity index is 2.50. The third kappa shape index (κ3) is 3.76. The molecule has 150 valence electrons. The molecule has 2 rings (SSSR count).